The molecule has 0 bridgehead atoms. The molecule has 0 aromatic carbocycles. The molecule has 0 amide bonds. The van der Waals surface area contributed by atoms with E-state index in [2.05, 4.69) is 31.1 Å². The van der Waals surface area contributed by atoms with Gasteiger partial charge in [0.05, 0.1) is 5.60 Å². The highest BCUT2D eigenvalue weighted by Crippen LogP contribution is 2.25. The third kappa shape index (κ3) is 3.95. The summed E-state index contributed by atoms with van der Waals surface area (Å²) in [6.07, 6.45) is 2.43. The van der Waals surface area contributed by atoms with Gasteiger partial charge in [-0.15, -0.1) is 0 Å². The van der Waals surface area contributed by atoms with Crippen LogP contribution in [0.3, 0.4) is 0 Å². The van der Waals surface area contributed by atoms with E-state index in [0.29, 0.717) is 0 Å². The molecule has 3 heteroatoms. The molecule has 1 heterocycles. The maximum Gasteiger partial charge on any atom is 0.0781 e. The Bertz CT molecular complexity index is 155. The summed E-state index contributed by atoms with van der Waals surface area (Å²) in [7, 11) is 2.17. The molecule has 0 aromatic rings. The number of hydrogen-bond acceptors (Lipinski definition) is 3. The number of likely N-dealkylation sites (N-methyl/N-ethyl adjacent to an activating group) is 2. The Morgan fingerprint density at radius 1 is 1.50 bits per heavy atom. The van der Waals surface area contributed by atoms with Crippen molar-refractivity contribution >= 4 is 0 Å². The summed E-state index contributed by atoms with van der Waals surface area (Å²) in [5, 5.41) is 3.33. The van der Waals surface area contributed by atoms with Crippen molar-refractivity contribution in [2.45, 2.75) is 32.3 Å². The Hall–Kier alpha value is -0.120. The fourth-order valence-electron chi connectivity index (χ4n) is 2.06. The minimum absolute atomic E-state index is 0.112. The Kier molecular flexibility index (Phi) is 4.85. The third-order valence-electron chi connectivity index (χ3n) is 2.83. The van der Waals surface area contributed by atoms with Crippen LogP contribution in [0.2, 0.25) is 0 Å². The maximum atomic E-state index is 5.76. The lowest BCUT2D eigenvalue weighted by atomic mass is 10.0. The van der Waals surface area contributed by atoms with Gasteiger partial charge < -0.3 is 15.0 Å². The summed E-state index contributed by atoms with van der Waals surface area (Å²) in [4.78, 5) is 2.36. The van der Waals surface area contributed by atoms with E-state index in [1.807, 2.05) is 0 Å². The Balaban J connectivity index is 2.15. The van der Waals surface area contributed by atoms with Gasteiger partial charge in [-0.2, -0.15) is 0 Å². The van der Waals surface area contributed by atoms with Crippen LogP contribution in [-0.4, -0.2) is 50.3 Å². The van der Waals surface area contributed by atoms with E-state index in [1.165, 1.54) is 12.8 Å². The average molecular weight is 200 g/mol. The largest absolute Gasteiger partial charge is 0.374 e. The van der Waals surface area contributed by atoms with E-state index in [-0.39, 0.29) is 5.60 Å². The van der Waals surface area contributed by atoms with E-state index in [1.54, 1.807) is 0 Å². The first-order chi connectivity index (χ1) is 6.66. The number of nitrogens with zero attached hydrogens (tertiary/aromatic N) is 1. The molecular weight excluding hydrogens is 176 g/mol. The molecule has 1 atom stereocenters. The number of hydrogen-bond donors (Lipinski definition) is 1. The van der Waals surface area contributed by atoms with Gasteiger partial charge in [0.15, 0.2) is 0 Å². The van der Waals surface area contributed by atoms with Crippen LogP contribution < -0.4 is 5.32 Å². The zero-order chi connectivity index (χ0) is 10.4. The molecule has 3 nitrogen and oxygen atoms in total. The van der Waals surface area contributed by atoms with Gasteiger partial charge >= 0.3 is 0 Å². The maximum absolute atomic E-state index is 5.76. The molecule has 1 N–H and O–H groups in total. The van der Waals surface area contributed by atoms with Crippen molar-refractivity contribution in [1.29, 1.82) is 0 Å². The zero-order valence-corrected chi connectivity index (χ0v) is 9.81. The SMILES string of the molecule is CCNCCN(C)CC1(C)CCCO1. The van der Waals surface area contributed by atoms with Crippen molar-refractivity contribution in [2.75, 3.05) is 39.8 Å². The van der Waals surface area contributed by atoms with E-state index in [9.17, 15) is 0 Å². The zero-order valence-electron chi connectivity index (χ0n) is 9.81. The molecule has 0 aliphatic carbocycles. The van der Waals surface area contributed by atoms with Crippen molar-refractivity contribution in [3.63, 3.8) is 0 Å². The smallest absolute Gasteiger partial charge is 0.0781 e. The highest BCUT2D eigenvalue weighted by atomic mass is 16.5. The van der Waals surface area contributed by atoms with Crippen LogP contribution in [0.15, 0.2) is 0 Å². The van der Waals surface area contributed by atoms with Gasteiger partial charge in [-0.05, 0) is 33.4 Å². The van der Waals surface area contributed by atoms with Crippen LogP contribution in [0.1, 0.15) is 26.7 Å². The van der Waals surface area contributed by atoms with Crippen molar-refractivity contribution < 1.29 is 4.74 Å². The van der Waals surface area contributed by atoms with Crippen molar-refractivity contribution in [3.05, 3.63) is 0 Å². The second-order valence-electron chi connectivity index (χ2n) is 4.49. The predicted octanol–water partition coefficient (Wildman–Crippen LogP) is 1.10. The van der Waals surface area contributed by atoms with E-state index >= 15 is 0 Å². The first-order valence-corrected chi connectivity index (χ1v) is 5.69. The van der Waals surface area contributed by atoms with Gasteiger partial charge in [-0.25, -0.2) is 0 Å². The summed E-state index contributed by atoms with van der Waals surface area (Å²) >= 11 is 0. The van der Waals surface area contributed by atoms with E-state index in [4.69, 9.17) is 4.74 Å². The fraction of sp³-hybridized carbons (Fsp3) is 1.00. The van der Waals surface area contributed by atoms with Crippen LogP contribution >= 0.6 is 0 Å². The van der Waals surface area contributed by atoms with Crippen LogP contribution in [0, 0.1) is 0 Å². The molecule has 1 fully saturated rings. The molecule has 0 spiro atoms. The Morgan fingerprint density at radius 3 is 2.86 bits per heavy atom. The normalized spacial score (nSPS) is 27.4. The van der Waals surface area contributed by atoms with Gasteiger partial charge in [-0.3, -0.25) is 0 Å². The molecule has 1 aliphatic heterocycles. The predicted molar refractivity (Wildman–Crippen MR) is 59.6 cm³/mol. The number of nitrogens with one attached hydrogen (secondary N) is 1. The molecular formula is C11H24N2O. The third-order valence-corrected chi connectivity index (χ3v) is 2.83. The Morgan fingerprint density at radius 2 is 2.29 bits per heavy atom. The molecule has 1 saturated heterocycles. The highest BCUT2D eigenvalue weighted by molar-refractivity contribution is 4.82. The first-order valence-electron chi connectivity index (χ1n) is 5.69. The molecule has 1 aliphatic rings. The molecule has 1 unspecified atom stereocenters. The minimum Gasteiger partial charge on any atom is -0.374 e. The molecule has 0 aromatic heterocycles. The number of rotatable bonds is 6. The van der Waals surface area contributed by atoms with Gasteiger partial charge in [0.1, 0.15) is 0 Å². The first kappa shape index (κ1) is 12.0. The van der Waals surface area contributed by atoms with Gasteiger partial charge in [-0.1, -0.05) is 6.92 Å². The molecule has 0 saturated carbocycles. The molecule has 14 heavy (non-hydrogen) atoms. The lowest BCUT2D eigenvalue weighted by molar-refractivity contribution is -0.00317. The standard InChI is InChI=1S/C11H24N2O/c1-4-12-7-8-13(3)10-11(2)6-5-9-14-11/h12H,4-10H2,1-3H3. The monoisotopic (exact) mass is 200 g/mol. The van der Waals surface area contributed by atoms with Crippen molar-refractivity contribution in [3.8, 4) is 0 Å². The average Bonchev–Trinajstić information content (AvgIpc) is 2.52. The molecule has 1 rings (SSSR count). The molecule has 0 radical (unpaired) electrons. The summed E-state index contributed by atoms with van der Waals surface area (Å²) in [5.74, 6) is 0. The summed E-state index contributed by atoms with van der Waals surface area (Å²) in [6, 6.07) is 0. The van der Waals surface area contributed by atoms with Crippen LogP contribution in [0.25, 0.3) is 0 Å². The summed E-state index contributed by atoms with van der Waals surface area (Å²) in [6.45, 7) is 9.60. The fourth-order valence-corrected chi connectivity index (χ4v) is 2.06. The molecule has 84 valence electrons. The summed E-state index contributed by atoms with van der Waals surface area (Å²) in [5.41, 5.74) is 0.112. The highest BCUT2D eigenvalue weighted by Gasteiger charge is 2.30. The Labute approximate surface area is 87.8 Å². The lowest BCUT2D eigenvalue weighted by Crippen LogP contribution is -2.41. The van der Waals surface area contributed by atoms with Gasteiger partial charge in [0, 0.05) is 26.2 Å². The van der Waals surface area contributed by atoms with Crippen molar-refractivity contribution in [2.24, 2.45) is 0 Å². The van der Waals surface area contributed by atoms with Crippen LogP contribution in [0.4, 0.5) is 0 Å². The van der Waals surface area contributed by atoms with E-state index < -0.39 is 0 Å². The minimum atomic E-state index is 0.112. The summed E-state index contributed by atoms with van der Waals surface area (Å²) < 4.78 is 5.76. The second-order valence-corrected chi connectivity index (χ2v) is 4.49. The van der Waals surface area contributed by atoms with Crippen LogP contribution in [0.5, 0.6) is 0 Å². The van der Waals surface area contributed by atoms with Gasteiger partial charge in [0.25, 0.3) is 0 Å². The topological polar surface area (TPSA) is 24.5 Å². The van der Waals surface area contributed by atoms with Crippen molar-refractivity contribution in [1.82, 2.24) is 10.2 Å². The quantitative estimate of drug-likeness (QED) is 0.650. The van der Waals surface area contributed by atoms with Gasteiger partial charge in [0.2, 0.25) is 0 Å². The lowest BCUT2D eigenvalue weighted by Gasteiger charge is -2.29. The second kappa shape index (κ2) is 5.69. The number of ether oxygens (including phenoxy) is 1. The van der Waals surface area contributed by atoms with Crippen LogP contribution in [-0.2, 0) is 4.74 Å². The van der Waals surface area contributed by atoms with E-state index in [0.717, 1.165) is 32.8 Å².